The van der Waals surface area contributed by atoms with Crippen molar-refractivity contribution in [2.24, 2.45) is 22.7 Å². The topological polar surface area (TPSA) is 200 Å². The minimum absolute atomic E-state index is 0.121. The first-order valence-corrected chi connectivity index (χ1v) is 23.0. The third-order valence-corrected chi connectivity index (χ3v) is 14.3. The van der Waals surface area contributed by atoms with Crippen molar-refractivity contribution in [2.75, 3.05) is 47.4 Å². The molecule has 0 aliphatic carbocycles. The van der Waals surface area contributed by atoms with E-state index in [0.29, 0.717) is 19.0 Å². The molecule has 18 atom stereocenters. The lowest BCUT2D eigenvalue weighted by molar-refractivity contribution is -0.315. The highest BCUT2D eigenvalue weighted by atomic mass is 16.7. The van der Waals surface area contributed by atoms with Crippen LogP contribution in [0.5, 0.6) is 0 Å². The number of likely N-dealkylation sites (N-methyl/N-ethyl adjacent to an activating group) is 1. The summed E-state index contributed by atoms with van der Waals surface area (Å²) in [5, 5.41) is 37.1. The maximum atomic E-state index is 14.5. The molecule has 0 aromatic rings. The van der Waals surface area contributed by atoms with Gasteiger partial charge >= 0.3 is 5.97 Å². The lowest BCUT2D eigenvalue weighted by Gasteiger charge is -2.49. The fourth-order valence-electron chi connectivity index (χ4n) is 9.91. The van der Waals surface area contributed by atoms with Crippen LogP contribution in [0.1, 0.15) is 115 Å². The van der Waals surface area contributed by atoms with Gasteiger partial charge in [0.05, 0.1) is 53.6 Å². The Morgan fingerprint density at radius 2 is 1.55 bits per heavy atom. The molecule has 0 radical (unpaired) electrons. The molecule has 0 bridgehead atoms. The van der Waals surface area contributed by atoms with Crippen LogP contribution in [0.4, 0.5) is 0 Å². The summed E-state index contributed by atoms with van der Waals surface area (Å²) in [5.74, 6) is -3.48. The lowest BCUT2D eigenvalue weighted by atomic mass is 9.77. The van der Waals surface area contributed by atoms with Crippen LogP contribution in [0.2, 0.25) is 0 Å². The standard InChI is InChI=1S/C45H82N4O13/c1-16-32-45(12,54)36(50)29(8)47-39(52)25(4)23-44(11,56-15)38(27(6)34(28(7)40(53)59-32)60-33-24-43(10,55-14)37(51)30(9)58-33)62-41-35-31(22-26(5)57-41)48(13)42(61-35)46-20-19-21-49(17-2)18-3/h25-38,41,50-51,54H,16-24H2,1-15H3,(H,47,52)/t25-,26-,27-,28-,29-,30+,31+,32?,33+,34+,35-,36-,37+,38-,41+,43-,44-,45-/m1/s1. The van der Waals surface area contributed by atoms with Gasteiger partial charge in [-0.3, -0.25) is 9.59 Å². The predicted octanol–water partition coefficient (Wildman–Crippen LogP) is 3.24. The SMILES string of the molecule is CCC1OC(=O)[C@H](C)[C@@H](O[C@H]2C[C@@](C)(OC)[C@@H](O)[C@H](C)O2)[C@@H](C)[C@@H](O[C@@H]2O[C@H](C)C[C@H]3[C@H]2OC(=NCCCN(CC)CC)N3C)[C@](C)(OC)C[C@@H](C)C(=O)N[C@H](C)[C@@H](O)[C@]1(C)O. The molecule has 4 aliphatic rings. The van der Waals surface area contributed by atoms with Gasteiger partial charge in [-0.15, -0.1) is 0 Å². The quantitative estimate of drug-likeness (QED) is 0.155. The van der Waals surface area contributed by atoms with Gasteiger partial charge in [-0.05, 0) is 93.8 Å². The summed E-state index contributed by atoms with van der Waals surface area (Å²) >= 11 is 0. The molecule has 4 heterocycles. The van der Waals surface area contributed by atoms with Gasteiger partial charge in [0.2, 0.25) is 5.91 Å². The maximum absolute atomic E-state index is 14.5. The molecule has 0 spiro atoms. The van der Waals surface area contributed by atoms with Gasteiger partial charge in [0.25, 0.3) is 6.02 Å². The summed E-state index contributed by atoms with van der Waals surface area (Å²) in [6.07, 6.45) is -6.95. The zero-order valence-electron chi connectivity index (χ0n) is 40.3. The number of carbonyl (C=O) groups is 2. The van der Waals surface area contributed by atoms with Crippen molar-refractivity contribution in [3.05, 3.63) is 0 Å². The molecule has 4 N–H and O–H groups in total. The number of esters is 1. The summed E-state index contributed by atoms with van der Waals surface area (Å²) < 4.78 is 51.8. The fourth-order valence-corrected chi connectivity index (χ4v) is 9.91. The van der Waals surface area contributed by atoms with Crippen LogP contribution in [0.15, 0.2) is 4.99 Å². The number of methoxy groups -OCH3 is 2. The van der Waals surface area contributed by atoms with E-state index in [1.165, 1.54) is 14.0 Å². The highest BCUT2D eigenvalue weighted by molar-refractivity contribution is 5.79. The van der Waals surface area contributed by atoms with E-state index in [9.17, 15) is 24.9 Å². The van der Waals surface area contributed by atoms with E-state index >= 15 is 0 Å². The molecule has 4 rings (SSSR count). The maximum Gasteiger partial charge on any atom is 0.311 e. The lowest BCUT2D eigenvalue weighted by Crippen LogP contribution is -2.60. The van der Waals surface area contributed by atoms with Crippen molar-refractivity contribution >= 4 is 17.9 Å². The van der Waals surface area contributed by atoms with Crippen molar-refractivity contribution < 1.29 is 62.8 Å². The molecule has 360 valence electrons. The van der Waals surface area contributed by atoms with Crippen LogP contribution in [-0.2, 0) is 47.5 Å². The van der Waals surface area contributed by atoms with Crippen LogP contribution < -0.4 is 5.32 Å². The average molecular weight is 887 g/mol. The van der Waals surface area contributed by atoms with Gasteiger partial charge in [-0.2, -0.15) is 0 Å². The van der Waals surface area contributed by atoms with Gasteiger partial charge in [0.1, 0.15) is 23.9 Å². The summed E-state index contributed by atoms with van der Waals surface area (Å²) in [6, 6.07) is -0.521. The molecule has 17 heteroatoms. The molecule has 0 aromatic heterocycles. The monoisotopic (exact) mass is 887 g/mol. The normalized spacial score (nSPS) is 44.6. The number of nitrogens with one attached hydrogen (secondary N) is 1. The molecule has 0 saturated carbocycles. The Morgan fingerprint density at radius 3 is 2.15 bits per heavy atom. The van der Waals surface area contributed by atoms with E-state index in [-0.39, 0.29) is 37.3 Å². The molecule has 4 saturated heterocycles. The molecule has 1 unspecified atom stereocenters. The van der Waals surface area contributed by atoms with Gasteiger partial charge in [-0.25, -0.2) is 4.99 Å². The van der Waals surface area contributed by atoms with Crippen LogP contribution in [0.25, 0.3) is 0 Å². The molecule has 0 aromatic carbocycles. The third-order valence-electron chi connectivity index (χ3n) is 14.3. The average Bonchev–Trinajstić information content (AvgIpc) is 3.55. The van der Waals surface area contributed by atoms with Gasteiger partial charge in [0, 0.05) is 46.1 Å². The molecular weight excluding hydrogens is 805 g/mol. The van der Waals surface area contributed by atoms with E-state index in [1.807, 2.05) is 27.8 Å². The first kappa shape index (κ1) is 52.4. The number of fused-ring (bicyclic) bond motifs is 1. The predicted molar refractivity (Wildman–Crippen MR) is 232 cm³/mol. The Morgan fingerprint density at radius 1 is 0.903 bits per heavy atom. The summed E-state index contributed by atoms with van der Waals surface area (Å²) in [5.41, 5.74) is -4.21. The largest absolute Gasteiger partial charge is 0.459 e. The second-order valence-electron chi connectivity index (χ2n) is 19.0. The van der Waals surface area contributed by atoms with Crippen molar-refractivity contribution in [2.45, 2.75) is 205 Å². The minimum Gasteiger partial charge on any atom is -0.459 e. The summed E-state index contributed by atoms with van der Waals surface area (Å²) in [4.78, 5) is 37.7. The number of carbonyl (C=O) groups excluding carboxylic acids is 2. The number of aliphatic hydroxyl groups is 3. The Hall–Kier alpha value is -2.19. The Balaban J connectivity index is 1.82. The fraction of sp³-hybridized carbons (Fsp3) is 0.933. The molecule has 17 nitrogen and oxygen atoms in total. The van der Waals surface area contributed by atoms with Gasteiger partial charge in [-0.1, -0.05) is 34.6 Å². The smallest absolute Gasteiger partial charge is 0.311 e. The summed E-state index contributed by atoms with van der Waals surface area (Å²) in [7, 11) is 5.05. The highest BCUT2D eigenvalue weighted by Gasteiger charge is 2.55. The number of ether oxygens (including phenoxy) is 8. The first-order valence-electron chi connectivity index (χ1n) is 23.0. The van der Waals surface area contributed by atoms with Crippen molar-refractivity contribution in [3.63, 3.8) is 0 Å². The number of rotatable bonds is 13. The van der Waals surface area contributed by atoms with Crippen LogP contribution in [0.3, 0.4) is 0 Å². The van der Waals surface area contributed by atoms with Crippen molar-refractivity contribution in [1.82, 2.24) is 15.1 Å². The number of nitrogens with zero attached hydrogens (tertiary/aromatic N) is 3. The van der Waals surface area contributed by atoms with E-state index in [0.717, 1.165) is 26.1 Å². The summed E-state index contributed by atoms with van der Waals surface area (Å²) in [6.45, 7) is 25.2. The second kappa shape index (κ2) is 21.9. The first-order chi connectivity index (χ1) is 29.0. The highest BCUT2D eigenvalue weighted by Crippen LogP contribution is 2.42. The Kier molecular flexibility index (Phi) is 18.5. The number of aliphatic imine (C=N–C) groups is 1. The third kappa shape index (κ3) is 11.6. The van der Waals surface area contributed by atoms with Gasteiger partial charge in [0.15, 0.2) is 18.7 Å². The van der Waals surface area contributed by atoms with Crippen molar-refractivity contribution in [3.8, 4) is 0 Å². The zero-order chi connectivity index (χ0) is 46.5. The van der Waals surface area contributed by atoms with Crippen LogP contribution >= 0.6 is 0 Å². The van der Waals surface area contributed by atoms with Crippen molar-refractivity contribution in [1.29, 1.82) is 0 Å². The Labute approximate surface area is 370 Å². The number of amidine groups is 1. The number of amides is 1. The molecule has 62 heavy (non-hydrogen) atoms. The molecule has 4 fully saturated rings. The minimum atomic E-state index is -1.94. The van der Waals surface area contributed by atoms with Crippen LogP contribution in [-0.4, -0.2) is 181 Å². The molecule has 4 aliphatic heterocycles. The van der Waals surface area contributed by atoms with Crippen LogP contribution in [0, 0.1) is 17.8 Å². The zero-order valence-corrected chi connectivity index (χ0v) is 40.3. The number of aliphatic hydroxyl groups excluding tert-OH is 2. The van der Waals surface area contributed by atoms with E-state index in [2.05, 4.69) is 29.0 Å². The number of hydrogen-bond acceptors (Lipinski definition) is 15. The second-order valence-corrected chi connectivity index (χ2v) is 19.0. The number of cyclic esters (lactones) is 1. The van der Waals surface area contributed by atoms with E-state index < -0.39 is 102 Å². The van der Waals surface area contributed by atoms with E-state index in [1.54, 1.807) is 48.7 Å². The molecule has 1 amide bonds. The van der Waals surface area contributed by atoms with E-state index in [4.69, 9.17) is 42.9 Å². The number of hydrogen-bond donors (Lipinski definition) is 4. The molecular formula is C45H82N4O13. The Bertz CT molecular complexity index is 1490. The van der Waals surface area contributed by atoms with Gasteiger partial charge < -0.3 is 68.3 Å².